The number of aromatic nitrogens is 1. The molecule has 1 saturated heterocycles. The highest BCUT2D eigenvalue weighted by atomic mass is 32.1. The van der Waals surface area contributed by atoms with E-state index in [1.54, 1.807) is 0 Å². The van der Waals surface area contributed by atoms with Gasteiger partial charge in [0.1, 0.15) is 9.88 Å². The van der Waals surface area contributed by atoms with E-state index in [4.69, 9.17) is 4.98 Å². The number of hydrogen-bond acceptors (Lipinski definition) is 5. The van der Waals surface area contributed by atoms with E-state index >= 15 is 0 Å². The van der Waals surface area contributed by atoms with Gasteiger partial charge in [-0.3, -0.25) is 4.90 Å². The van der Waals surface area contributed by atoms with Crippen LogP contribution < -0.4 is 5.32 Å². The van der Waals surface area contributed by atoms with Crippen LogP contribution in [0.2, 0.25) is 0 Å². The molecule has 0 aliphatic carbocycles. The molecule has 2 heterocycles. The Hall–Kier alpha value is -0.980. The lowest BCUT2D eigenvalue weighted by Crippen LogP contribution is -2.45. The summed E-state index contributed by atoms with van der Waals surface area (Å²) in [7, 11) is 0. The summed E-state index contributed by atoms with van der Waals surface area (Å²) in [6, 6.07) is 0.246. The first-order valence-electron chi connectivity index (χ1n) is 7.70. The number of hydrogen-bond donors (Lipinski definition) is 2. The van der Waals surface area contributed by atoms with Gasteiger partial charge >= 0.3 is 5.97 Å². The molecular formula is C15H25N3O2S. The number of nitrogens with zero attached hydrogens (tertiary/aromatic N) is 2. The maximum atomic E-state index is 11.5. The van der Waals surface area contributed by atoms with E-state index in [0.29, 0.717) is 10.8 Å². The van der Waals surface area contributed by atoms with E-state index in [0.717, 1.165) is 49.7 Å². The third-order valence-electron chi connectivity index (χ3n) is 3.77. The molecule has 0 radical (unpaired) electrons. The predicted octanol–water partition coefficient (Wildman–Crippen LogP) is 2.40. The van der Waals surface area contributed by atoms with Gasteiger partial charge in [-0.05, 0) is 18.8 Å². The summed E-state index contributed by atoms with van der Waals surface area (Å²) >= 11 is 1.36. The molecule has 21 heavy (non-hydrogen) atoms. The summed E-state index contributed by atoms with van der Waals surface area (Å²) in [4.78, 5) is 19.0. The van der Waals surface area contributed by atoms with Crippen molar-refractivity contribution in [2.75, 3.05) is 26.2 Å². The number of rotatable bonds is 6. The number of carbonyl (C=O) groups is 1. The van der Waals surface area contributed by atoms with Crippen LogP contribution in [0.15, 0.2) is 0 Å². The van der Waals surface area contributed by atoms with E-state index in [9.17, 15) is 9.90 Å². The largest absolute Gasteiger partial charge is 0.477 e. The number of carboxylic acids is 1. The average Bonchev–Trinajstić information content (AvgIpc) is 2.84. The van der Waals surface area contributed by atoms with Crippen LogP contribution in [-0.2, 0) is 6.42 Å². The Bertz CT molecular complexity index is 481. The molecular weight excluding hydrogens is 286 g/mol. The van der Waals surface area contributed by atoms with Gasteiger partial charge in [-0.2, -0.15) is 0 Å². The Labute approximate surface area is 130 Å². The van der Waals surface area contributed by atoms with Crippen LogP contribution in [0.25, 0.3) is 0 Å². The Morgan fingerprint density at radius 2 is 2.10 bits per heavy atom. The van der Waals surface area contributed by atoms with Gasteiger partial charge < -0.3 is 10.4 Å². The van der Waals surface area contributed by atoms with Crippen molar-refractivity contribution in [1.82, 2.24) is 15.2 Å². The molecule has 0 aromatic carbocycles. The zero-order valence-electron chi connectivity index (χ0n) is 13.1. The summed E-state index contributed by atoms with van der Waals surface area (Å²) in [6.45, 7) is 10.3. The predicted molar refractivity (Wildman–Crippen MR) is 85.1 cm³/mol. The highest BCUT2D eigenvalue weighted by molar-refractivity contribution is 7.13. The topological polar surface area (TPSA) is 65.5 Å². The number of carboxylic acid groups (broad SMARTS) is 1. The Morgan fingerprint density at radius 3 is 2.62 bits per heavy atom. The number of aromatic carboxylic acids is 1. The van der Waals surface area contributed by atoms with Crippen LogP contribution in [0.5, 0.6) is 0 Å². The van der Waals surface area contributed by atoms with Crippen LogP contribution in [0.3, 0.4) is 0 Å². The fourth-order valence-electron chi connectivity index (χ4n) is 2.79. The van der Waals surface area contributed by atoms with Gasteiger partial charge in [-0.15, -0.1) is 11.3 Å². The molecule has 1 unspecified atom stereocenters. The van der Waals surface area contributed by atoms with Crippen molar-refractivity contribution in [3.05, 3.63) is 15.6 Å². The van der Waals surface area contributed by atoms with Gasteiger partial charge in [-0.25, -0.2) is 9.78 Å². The standard InChI is InChI=1S/C15H25N3O2S/c1-4-12(18-7-5-16-6-8-18)14-17-11(9-10(2)3)13(21-14)15(19)20/h10,12,16H,4-9H2,1-3H3,(H,19,20). The van der Waals surface area contributed by atoms with Gasteiger partial charge in [0.2, 0.25) is 0 Å². The van der Waals surface area contributed by atoms with Crippen molar-refractivity contribution in [2.45, 2.75) is 39.7 Å². The molecule has 1 atom stereocenters. The minimum Gasteiger partial charge on any atom is -0.477 e. The van der Waals surface area contributed by atoms with Crippen molar-refractivity contribution in [2.24, 2.45) is 5.92 Å². The first kappa shape index (κ1) is 16.4. The molecule has 0 amide bonds. The molecule has 2 N–H and O–H groups in total. The van der Waals surface area contributed by atoms with Crippen molar-refractivity contribution < 1.29 is 9.90 Å². The van der Waals surface area contributed by atoms with E-state index in [-0.39, 0.29) is 6.04 Å². The maximum absolute atomic E-state index is 11.5. The molecule has 0 spiro atoms. The Balaban J connectivity index is 2.26. The molecule has 0 bridgehead atoms. The summed E-state index contributed by atoms with van der Waals surface area (Å²) < 4.78 is 0. The lowest BCUT2D eigenvalue weighted by atomic mass is 10.1. The monoisotopic (exact) mass is 311 g/mol. The lowest BCUT2D eigenvalue weighted by molar-refractivity contribution is 0.0700. The van der Waals surface area contributed by atoms with E-state index < -0.39 is 5.97 Å². The Kier molecular flexibility index (Phi) is 5.72. The molecule has 118 valence electrons. The average molecular weight is 311 g/mol. The van der Waals surface area contributed by atoms with Gasteiger partial charge in [-0.1, -0.05) is 20.8 Å². The normalized spacial score (nSPS) is 18.1. The quantitative estimate of drug-likeness (QED) is 0.844. The summed E-state index contributed by atoms with van der Waals surface area (Å²) in [5, 5.41) is 13.7. The molecule has 5 nitrogen and oxygen atoms in total. The van der Waals surface area contributed by atoms with Crippen molar-refractivity contribution >= 4 is 17.3 Å². The van der Waals surface area contributed by atoms with Crippen molar-refractivity contribution in [1.29, 1.82) is 0 Å². The van der Waals surface area contributed by atoms with E-state index in [1.165, 1.54) is 11.3 Å². The van der Waals surface area contributed by atoms with Crippen LogP contribution >= 0.6 is 11.3 Å². The third kappa shape index (κ3) is 4.02. The van der Waals surface area contributed by atoms with Gasteiger partial charge in [0, 0.05) is 26.2 Å². The molecule has 1 fully saturated rings. The van der Waals surface area contributed by atoms with Crippen LogP contribution in [0, 0.1) is 5.92 Å². The van der Waals surface area contributed by atoms with Gasteiger partial charge in [0.15, 0.2) is 0 Å². The van der Waals surface area contributed by atoms with Gasteiger partial charge in [0.05, 0.1) is 11.7 Å². The zero-order valence-corrected chi connectivity index (χ0v) is 13.9. The zero-order chi connectivity index (χ0) is 15.4. The van der Waals surface area contributed by atoms with Gasteiger partial charge in [0.25, 0.3) is 0 Å². The molecule has 1 aliphatic heterocycles. The smallest absolute Gasteiger partial charge is 0.347 e. The molecule has 6 heteroatoms. The second-order valence-electron chi connectivity index (χ2n) is 5.94. The second kappa shape index (κ2) is 7.33. The van der Waals surface area contributed by atoms with Crippen LogP contribution in [-0.4, -0.2) is 47.1 Å². The molecule has 1 aromatic heterocycles. The van der Waals surface area contributed by atoms with E-state index in [1.807, 2.05) is 0 Å². The highest BCUT2D eigenvalue weighted by Crippen LogP contribution is 2.31. The van der Waals surface area contributed by atoms with Crippen molar-refractivity contribution in [3.8, 4) is 0 Å². The fraction of sp³-hybridized carbons (Fsp3) is 0.733. The molecule has 1 aliphatic rings. The SMILES string of the molecule is CCC(c1nc(CC(C)C)c(C(=O)O)s1)N1CCNCC1. The third-order valence-corrected chi connectivity index (χ3v) is 4.96. The number of thiazole rings is 1. The van der Waals surface area contributed by atoms with Crippen molar-refractivity contribution in [3.63, 3.8) is 0 Å². The summed E-state index contributed by atoms with van der Waals surface area (Å²) in [5.41, 5.74) is 0.756. The number of nitrogens with one attached hydrogen (secondary N) is 1. The maximum Gasteiger partial charge on any atom is 0.347 e. The molecule has 1 aromatic rings. The highest BCUT2D eigenvalue weighted by Gasteiger charge is 2.26. The fourth-order valence-corrected chi connectivity index (χ4v) is 3.94. The van der Waals surface area contributed by atoms with E-state index in [2.05, 4.69) is 31.0 Å². The lowest BCUT2D eigenvalue weighted by Gasteiger charge is -2.33. The first-order chi connectivity index (χ1) is 10.0. The minimum atomic E-state index is -0.843. The molecule has 0 saturated carbocycles. The Morgan fingerprint density at radius 1 is 1.43 bits per heavy atom. The first-order valence-corrected chi connectivity index (χ1v) is 8.52. The summed E-state index contributed by atoms with van der Waals surface area (Å²) in [5.74, 6) is -0.429. The number of piperazine rings is 1. The van der Waals surface area contributed by atoms with Crippen LogP contribution in [0.1, 0.15) is 53.6 Å². The summed E-state index contributed by atoms with van der Waals surface area (Å²) in [6.07, 6.45) is 1.70. The molecule has 2 rings (SSSR count). The second-order valence-corrected chi connectivity index (χ2v) is 6.97. The van der Waals surface area contributed by atoms with Crippen LogP contribution in [0.4, 0.5) is 0 Å². The minimum absolute atomic E-state index is 0.246.